The molecule has 2 aromatic heterocycles. The van der Waals surface area contributed by atoms with E-state index in [1.807, 2.05) is 23.0 Å². The Morgan fingerprint density at radius 3 is 2.94 bits per heavy atom. The second-order valence-electron chi connectivity index (χ2n) is 3.44. The van der Waals surface area contributed by atoms with Gasteiger partial charge in [-0.25, -0.2) is 9.97 Å². The van der Waals surface area contributed by atoms with Crippen LogP contribution in [0.5, 0.6) is 0 Å². The highest BCUT2D eigenvalue weighted by molar-refractivity contribution is 5.01. The quantitative estimate of drug-likeness (QED) is 0.811. The lowest BCUT2D eigenvalue weighted by Gasteiger charge is -2.06. The van der Waals surface area contributed by atoms with Crippen molar-refractivity contribution in [1.29, 1.82) is 0 Å². The van der Waals surface area contributed by atoms with Crippen LogP contribution in [0.2, 0.25) is 0 Å². The summed E-state index contributed by atoms with van der Waals surface area (Å²) >= 11 is 0. The van der Waals surface area contributed by atoms with Gasteiger partial charge in [-0.15, -0.1) is 0 Å². The molecule has 2 aromatic rings. The van der Waals surface area contributed by atoms with Gasteiger partial charge in [0.15, 0.2) is 0 Å². The van der Waals surface area contributed by atoms with Gasteiger partial charge in [-0.2, -0.15) is 5.10 Å². The summed E-state index contributed by atoms with van der Waals surface area (Å²) in [5.74, 6) is 0. The van der Waals surface area contributed by atoms with Crippen LogP contribution in [0.3, 0.4) is 0 Å². The van der Waals surface area contributed by atoms with E-state index in [1.165, 1.54) is 5.69 Å². The van der Waals surface area contributed by atoms with Crippen LogP contribution in [0, 0.1) is 0 Å². The number of nitrogens with zero attached hydrogens (tertiary/aromatic N) is 4. The van der Waals surface area contributed by atoms with Crippen molar-refractivity contribution in [1.82, 2.24) is 25.1 Å². The Morgan fingerprint density at radius 2 is 2.19 bits per heavy atom. The first-order chi connectivity index (χ1) is 7.90. The molecule has 0 fully saturated rings. The maximum absolute atomic E-state index is 4.21. The first kappa shape index (κ1) is 10.8. The molecule has 0 saturated heterocycles. The smallest absolute Gasteiger partial charge is 0.115 e. The predicted molar refractivity (Wildman–Crippen MR) is 60.5 cm³/mol. The number of nitrogens with one attached hydrogen (secondary N) is 1. The Balaban J connectivity index is 1.85. The second kappa shape index (κ2) is 5.37. The summed E-state index contributed by atoms with van der Waals surface area (Å²) in [5, 5.41) is 7.54. The van der Waals surface area contributed by atoms with Crippen molar-refractivity contribution in [2.75, 3.05) is 0 Å². The third-order valence-corrected chi connectivity index (χ3v) is 2.36. The van der Waals surface area contributed by atoms with Crippen molar-refractivity contribution in [2.45, 2.75) is 26.6 Å². The van der Waals surface area contributed by atoms with Crippen molar-refractivity contribution in [2.24, 2.45) is 0 Å². The topological polar surface area (TPSA) is 55.6 Å². The van der Waals surface area contributed by atoms with Crippen LogP contribution in [0.1, 0.15) is 18.3 Å². The van der Waals surface area contributed by atoms with E-state index in [9.17, 15) is 0 Å². The van der Waals surface area contributed by atoms with Gasteiger partial charge in [-0.05, 0) is 19.1 Å². The van der Waals surface area contributed by atoms with Gasteiger partial charge in [0.25, 0.3) is 0 Å². The van der Waals surface area contributed by atoms with Crippen molar-refractivity contribution in [3.05, 3.63) is 42.2 Å². The van der Waals surface area contributed by atoms with E-state index in [4.69, 9.17) is 0 Å². The van der Waals surface area contributed by atoms with Gasteiger partial charge < -0.3 is 5.32 Å². The molecule has 0 unspecified atom stereocenters. The summed E-state index contributed by atoms with van der Waals surface area (Å²) in [6, 6.07) is 3.93. The van der Waals surface area contributed by atoms with E-state index in [1.54, 1.807) is 12.5 Å². The van der Waals surface area contributed by atoms with Crippen LogP contribution in [-0.4, -0.2) is 19.7 Å². The van der Waals surface area contributed by atoms with E-state index in [0.29, 0.717) is 0 Å². The molecule has 84 valence electrons. The monoisotopic (exact) mass is 217 g/mol. The van der Waals surface area contributed by atoms with E-state index in [2.05, 4.69) is 27.3 Å². The highest BCUT2D eigenvalue weighted by Crippen LogP contribution is 1.99. The van der Waals surface area contributed by atoms with Gasteiger partial charge in [-0.1, -0.05) is 0 Å². The van der Waals surface area contributed by atoms with Crippen molar-refractivity contribution in [3.63, 3.8) is 0 Å². The summed E-state index contributed by atoms with van der Waals surface area (Å²) in [5.41, 5.74) is 2.19. The largest absolute Gasteiger partial charge is 0.306 e. The van der Waals surface area contributed by atoms with E-state index >= 15 is 0 Å². The van der Waals surface area contributed by atoms with Crippen LogP contribution in [0.4, 0.5) is 0 Å². The first-order valence-electron chi connectivity index (χ1n) is 5.36. The lowest BCUT2D eigenvalue weighted by molar-refractivity contribution is 0.578. The van der Waals surface area contributed by atoms with Gasteiger partial charge in [0.2, 0.25) is 0 Å². The van der Waals surface area contributed by atoms with Crippen molar-refractivity contribution < 1.29 is 0 Å². The number of aryl methyl sites for hydroxylation is 1. The molecule has 0 aromatic carbocycles. The average Bonchev–Trinajstić information content (AvgIpc) is 2.78. The zero-order valence-electron chi connectivity index (χ0n) is 9.30. The zero-order chi connectivity index (χ0) is 11.2. The molecule has 5 heteroatoms. The Morgan fingerprint density at radius 1 is 1.25 bits per heavy atom. The van der Waals surface area contributed by atoms with Crippen LogP contribution in [-0.2, 0) is 19.6 Å². The van der Waals surface area contributed by atoms with Crippen LogP contribution in [0.25, 0.3) is 0 Å². The van der Waals surface area contributed by atoms with Gasteiger partial charge >= 0.3 is 0 Å². The van der Waals surface area contributed by atoms with E-state index < -0.39 is 0 Å². The molecule has 0 aliphatic heterocycles. The number of hydrogen-bond donors (Lipinski definition) is 1. The standard InChI is InChI=1S/C11H15N5/c1-2-16-11(4-6-15-16)8-13-7-10-3-5-12-9-14-10/h3-6,9,13H,2,7-8H2,1H3. The molecule has 0 radical (unpaired) electrons. The second-order valence-corrected chi connectivity index (χ2v) is 3.44. The minimum Gasteiger partial charge on any atom is -0.306 e. The maximum atomic E-state index is 4.21. The molecule has 2 heterocycles. The highest BCUT2D eigenvalue weighted by Gasteiger charge is 1.99. The molecule has 1 N–H and O–H groups in total. The van der Waals surface area contributed by atoms with Crippen molar-refractivity contribution >= 4 is 0 Å². The molecule has 0 atom stereocenters. The molecule has 5 nitrogen and oxygen atoms in total. The highest BCUT2D eigenvalue weighted by atomic mass is 15.3. The normalized spacial score (nSPS) is 10.6. The number of hydrogen-bond acceptors (Lipinski definition) is 4. The van der Waals surface area contributed by atoms with Gasteiger partial charge in [0.1, 0.15) is 6.33 Å². The Bertz CT molecular complexity index is 423. The van der Waals surface area contributed by atoms with Gasteiger partial charge in [0.05, 0.1) is 11.4 Å². The minimum atomic E-state index is 0.747. The summed E-state index contributed by atoms with van der Waals surface area (Å²) in [7, 11) is 0. The molecular weight excluding hydrogens is 202 g/mol. The number of rotatable bonds is 5. The average molecular weight is 217 g/mol. The number of aromatic nitrogens is 4. The molecule has 0 saturated carbocycles. The van der Waals surface area contributed by atoms with Crippen LogP contribution < -0.4 is 5.32 Å². The molecule has 16 heavy (non-hydrogen) atoms. The molecule has 0 amide bonds. The summed E-state index contributed by atoms with van der Waals surface area (Å²) in [6.07, 6.45) is 5.14. The summed E-state index contributed by atoms with van der Waals surface area (Å²) in [4.78, 5) is 8.02. The van der Waals surface area contributed by atoms with Gasteiger partial charge in [-0.3, -0.25) is 4.68 Å². The molecule has 0 aliphatic carbocycles. The van der Waals surface area contributed by atoms with Gasteiger partial charge in [0, 0.05) is 32.0 Å². The third-order valence-electron chi connectivity index (χ3n) is 2.36. The van der Waals surface area contributed by atoms with Crippen molar-refractivity contribution in [3.8, 4) is 0 Å². The fourth-order valence-electron chi connectivity index (χ4n) is 1.54. The van der Waals surface area contributed by atoms with Crippen LogP contribution in [0.15, 0.2) is 30.9 Å². The Kier molecular flexibility index (Phi) is 3.61. The Labute approximate surface area is 94.5 Å². The Hall–Kier alpha value is -1.75. The lowest BCUT2D eigenvalue weighted by atomic mass is 10.3. The summed E-state index contributed by atoms with van der Waals surface area (Å²) in [6.45, 7) is 4.54. The molecule has 0 aliphatic rings. The lowest BCUT2D eigenvalue weighted by Crippen LogP contribution is -2.16. The first-order valence-corrected chi connectivity index (χ1v) is 5.36. The molecule has 0 spiro atoms. The predicted octanol–water partition coefficient (Wildman–Crippen LogP) is 0.983. The van der Waals surface area contributed by atoms with E-state index in [-0.39, 0.29) is 0 Å². The molecule has 2 rings (SSSR count). The third kappa shape index (κ3) is 2.64. The minimum absolute atomic E-state index is 0.747. The zero-order valence-corrected chi connectivity index (χ0v) is 9.30. The SMILES string of the molecule is CCn1nccc1CNCc1ccncn1. The molecule has 0 bridgehead atoms. The maximum Gasteiger partial charge on any atom is 0.115 e. The summed E-state index contributed by atoms with van der Waals surface area (Å²) < 4.78 is 1.98. The molecular formula is C11H15N5. The van der Waals surface area contributed by atoms with Crippen LogP contribution >= 0.6 is 0 Å². The fraction of sp³-hybridized carbons (Fsp3) is 0.364. The van der Waals surface area contributed by atoms with E-state index in [0.717, 1.165) is 25.3 Å². The fourth-order valence-corrected chi connectivity index (χ4v) is 1.54.